The first-order valence-corrected chi connectivity index (χ1v) is 9.79. The molecular formula is C19H18ClN3O2S. The third-order valence-electron chi connectivity index (χ3n) is 3.88. The molecular weight excluding hydrogens is 370 g/mol. The molecule has 3 rings (SSSR count). The predicted molar refractivity (Wildman–Crippen MR) is 106 cm³/mol. The molecule has 2 N–H and O–H groups in total. The SMILES string of the molecule is Cc1ccc(S(=O)(=O)Nc2ccc(Nc3cccc(Cl)c3C)cn2)cc1. The Hall–Kier alpha value is -2.57. The molecule has 0 spiro atoms. The molecule has 1 heterocycles. The molecule has 0 bridgehead atoms. The fourth-order valence-corrected chi connectivity index (χ4v) is 3.52. The topological polar surface area (TPSA) is 71.1 Å². The van der Waals surface area contributed by atoms with Crippen molar-refractivity contribution in [3.05, 3.63) is 76.9 Å². The van der Waals surface area contributed by atoms with Crippen LogP contribution in [0.25, 0.3) is 0 Å². The van der Waals surface area contributed by atoms with Crippen LogP contribution in [-0.4, -0.2) is 13.4 Å². The van der Waals surface area contributed by atoms with Gasteiger partial charge in [-0.05, 0) is 55.8 Å². The van der Waals surface area contributed by atoms with Crippen LogP contribution in [0.3, 0.4) is 0 Å². The van der Waals surface area contributed by atoms with Crippen LogP contribution in [0.4, 0.5) is 17.2 Å². The summed E-state index contributed by atoms with van der Waals surface area (Å²) in [6, 6.07) is 15.6. The lowest BCUT2D eigenvalue weighted by Gasteiger charge is -2.11. The van der Waals surface area contributed by atoms with Gasteiger partial charge >= 0.3 is 0 Å². The first-order valence-electron chi connectivity index (χ1n) is 7.93. The molecule has 0 unspecified atom stereocenters. The fourth-order valence-electron chi connectivity index (χ4n) is 2.34. The summed E-state index contributed by atoms with van der Waals surface area (Å²) < 4.78 is 27.3. The lowest BCUT2D eigenvalue weighted by Crippen LogP contribution is -2.13. The van der Waals surface area contributed by atoms with Gasteiger partial charge in [-0.2, -0.15) is 0 Å². The average molecular weight is 388 g/mol. The number of rotatable bonds is 5. The molecule has 0 saturated heterocycles. The van der Waals surface area contributed by atoms with Gasteiger partial charge < -0.3 is 5.32 Å². The number of nitrogens with one attached hydrogen (secondary N) is 2. The number of benzene rings is 2. The second kappa shape index (κ2) is 7.35. The highest BCUT2D eigenvalue weighted by Gasteiger charge is 2.14. The van der Waals surface area contributed by atoms with E-state index in [1.807, 2.05) is 32.0 Å². The van der Waals surface area contributed by atoms with E-state index in [4.69, 9.17) is 11.6 Å². The second-order valence-electron chi connectivity index (χ2n) is 5.89. The molecule has 26 heavy (non-hydrogen) atoms. The Morgan fingerprint density at radius 3 is 2.35 bits per heavy atom. The zero-order valence-corrected chi connectivity index (χ0v) is 15.9. The molecule has 1 aromatic heterocycles. The van der Waals surface area contributed by atoms with E-state index < -0.39 is 10.0 Å². The zero-order chi connectivity index (χ0) is 18.7. The molecule has 0 aliphatic carbocycles. The van der Waals surface area contributed by atoms with E-state index >= 15 is 0 Å². The Bertz CT molecular complexity index is 1020. The Balaban J connectivity index is 1.75. The van der Waals surface area contributed by atoms with E-state index in [1.54, 1.807) is 42.6 Å². The number of nitrogens with zero attached hydrogens (tertiary/aromatic N) is 1. The van der Waals surface area contributed by atoms with E-state index in [1.165, 1.54) is 0 Å². The van der Waals surface area contributed by atoms with Crippen LogP contribution in [0.5, 0.6) is 0 Å². The second-order valence-corrected chi connectivity index (χ2v) is 7.98. The minimum absolute atomic E-state index is 0.196. The zero-order valence-electron chi connectivity index (χ0n) is 14.3. The number of sulfonamides is 1. The maximum absolute atomic E-state index is 12.4. The summed E-state index contributed by atoms with van der Waals surface area (Å²) in [5.74, 6) is 0.249. The maximum atomic E-state index is 12.4. The molecule has 0 amide bonds. The highest BCUT2D eigenvalue weighted by Crippen LogP contribution is 2.26. The van der Waals surface area contributed by atoms with Gasteiger partial charge in [-0.1, -0.05) is 35.4 Å². The minimum atomic E-state index is -3.66. The van der Waals surface area contributed by atoms with Gasteiger partial charge in [0, 0.05) is 10.7 Å². The van der Waals surface area contributed by atoms with Crippen molar-refractivity contribution in [2.24, 2.45) is 0 Å². The Labute approximate surface area is 158 Å². The lowest BCUT2D eigenvalue weighted by atomic mass is 10.2. The van der Waals surface area contributed by atoms with E-state index in [2.05, 4.69) is 15.0 Å². The normalized spacial score (nSPS) is 11.2. The van der Waals surface area contributed by atoms with Crippen molar-refractivity contribution in [2.45, 2.75) is 18.7 Å². The number of hydrogen-bond acceptors (Lipinski definition) is 4. The summed E-state index contributed by atoms with van der Waals surface area (Å²) in [5.41, 5.74) is 3.52. The third-order valence-corrected chi connectivity index (χ3v) is 5.66. The number of anilines is 3. The Morgan fingerprint density at radius 2 is 1.69 bits per heavy atom. The molecule has 134 valence electrons. The monoisotopic (exact) mass is 387 g/mol. The smallest absolute Gasteiger partial charge is 0.263 e. The van der Waals surface area contributed by atoms with Gasteiger partial charge in [0.25, 0.3) is 10.0 Å². The van der Waals surface area contributed by atoms with Gasteiger partial charge in [0.15, 0.2) is 0 Å². The Kier molecular flexibility index (Phi) is 5.15. The van der Waals surface area contributed by atoms with Crippen LogP contribution in [0.15, 0.2) is 65.7 Å². The molecule has 7 heteroatoms. The highest BCUT2D eigenvalue weighted by molar-refractivity contribution is 7.92. The summed E-state index contributed by atoms with van der Waals surface area (Å²) in [4.78, 5) is 4.37. The summed E-state index contributed by atoms with van der Waals surface area (Å²) in [6.07, 6.45) is 1.56. The predicted octanol–water partition coefficient (Wildman–Crippen LogP) is 4.90. The van der Waals surface area contributed by atoms with Crippen LogP contribution in [0, 0.1) is 13.8 Å². The number of aryl methyl sites for hydroxylation is 1. The number of aromatic nitrogens is 1. The molecule has 0 saturated carbocycles. The quantitative estimate of drug-likeness (QED) is 0.653. The largest absolute Gasteiger partial charge is 0.354 e. The fraction of sp³-hybridized carbons (Fsp3) is 0.105. The van der Waals surface area contributed by atoms with Gasteiger partial charge in [-0.15, -0.1) is 0 Å². The molecule has 2 aromatic carbocycles. The Morgan fingerprint density at radius 1 is 0.962 bits per heavy atom. The third kappa shape index (κ3) is 4.15. The van der Waals surface area contributed by atoms with E-state index in [0.717, 1.165) is 22.5 Å². The van der Waals surface area contributed by atoms with Crippen LogP contribution >= 0.6 is 11.6 Å². The van der Waals surface area contributed by atoms with E-state index in [-0.39, 0.29) is 10.7 Å². The van der Waals surface area contributed by atoms with Crippen LogP contribution in [0.2, 0.25) is 5.02 Å². The molecule has 0 radical (unpaired) electrons. The maximum Gasteiger partial charge on any atom is 0.263 e. The van der Waals surface area contributed by atoms with Gasteiger partial charge in [0.1, 0.15) is 5.82 Å². The highest BCUT2D eigenvalue weighted by atomic mass is 35.5. The lowest BCUT2D eigenvalue weighted by molar-refractivity contribution is 0.601. The molecule has 5 nitrogen and oxygen atoms in total. The van der Waals surface area contributed by atoms with Gasteiger partial charge in [0.2, 0.25) is 0 Å². The van der Waals surface area contributed by atoms with Crippen molar-refractivity contribution in [2.75, 3.05) is 10.0 Å². The van der Waals surface area contributed by atoms with Crippen molar-refractivity contribution >= 4 is 38.8 Å². The van der Waals surface area contributed by atoms with Crippen molar-refractivity contribution in [1.29, 1.82) is 0 Å². The van der Waals surface area contributed by atoms with Crippen molar-refractivity contribution in [1.82, 2.24) is 4.98 Å². The molecule has 0 fully saturated rings. The van der Waals surface area contributed by atoms with Gasteiger partial charge in [-0.25, -0.2) is 13.4 Å². The van der Waals surface area contributed by atoms with Crippen molar-refractivity contribution in [3.8, 4) is 0 Å². The standard InChI is InChI=1S/C19H18ClN3O2S/c1-13-6-9-16(10-7-13)26(24,25)23-19-11-8-15(12-21-19)22-18-5-3-4-17(20)14(18)2/h3-12,22H,1-2H3,(H,21,23). The van der Waals surface area contributed by atoms with Crippen LogP contribution in [-0.2, 0) is 10.0 Å². The molecule has 0 atom stereocenters. The van der Waals surface area contributed by atoms with E-state index in [0.29, 0.717) is 5.02 Å². The van der Waals surface area contributed by atoms with Gasteiger partial charge in [-0.3, -0.25) is 4.72 Å². The summed E-state index contributed by atoms with van der Waals surface area (Å²) in [7, 11) is -3.66. The van der Waals surface area contributed by atoms with Crippen molar-refractivity contribution < 1.29 is 8.42 Å². The van der Waals surface area contributed by atoms with Gasteiger partial charge in [0.05, 0.1) is 16.8 Å². The molecule has 3 aromatic rings. The summed E-state index contributed by atoms with van der Waals surface area (Å²) in [6.45, 7) is 3.82. The first-order chi connectivity index (χ1) is 12.3. The van der Waals surface area contributed by atoms with E-state index in [9.17, 15) is 8.42 Å². The number of halogens is 1. The molecule has 0 aliphatic heterocycles. The van der Waals surface area contributed by atoms with Crippen LogP contribution < -0.4 is 10.0 Å². The molecule has 0 aliphatic rings. The number of hydrogen-bond donors (Lipinski definition) is 2. The van der Waals surface area contributed by atoms with Crippen molar-refractivity contribution in [3.63, 3.8) is 0 Å². The summed E-state index contributed by atoms with van der Waals surface area (Å²) in [5, 5.41) is 3.89. The first kappa shape index (κ1) is 18.2. The van der Waals surface area contributed by atoms with Crippen LogP contribution in [0.1, 0.15) is 11.1 Å². The number of pyridine rings is 1. The minimum Gasteiger partial charge on any atom is -0.354 e. The summed E-state index contributed by atoms with van der Waals surface area (Å²) >= 11 is 6.11. The average Bonchev–Trinajstić information content (AvgIpc) is 2.61.